The molecular formula is C22H20N2O2. The van der Waals surface area contributed by atoms with Gasteiger partial charge in [0.05, 0.1) is 0 Å². The first-order valence-corrected chi connectivity index (χ1v) is 8.85. The lowest BCUT2D eigenvalue weighted by atomic mass is 9.89. The van der Waals surface area contributed by atoms with Crippen molar-refractivity contribution in [3.05, 3.63) is 75.6 Å². The van der Waals surface area contributed by atoms with E-state index in [9.17, 15) is 9.59 Å². The minimum Gasteiger partial charge on any atom is -0.354 e. The van der Waals surface area contributed by atoms with E-state index in [1.807, 2.05) is 48.5 Å². The summed E-state index contributed by atoms with van der Waals surface area (Å²) in [6, 6.07) is 15.4. The van der Waals surface area contributed by atoms with E-state index >= 15 is 0 Å². The van der Waals surface area contributed by atoms with Gasteiger partial charge in [-0.25, -0.2) is 0 Å². The van der Waals surface area contributed by atoms with Gasteiger partial charge in [0, 0.05) is 34.8 Å². The molecule has 130 valence electrons. The van der Waals surface area contributed by atoms with Crippen molar-refractivity contribution in [3.63, 3.8) is 0 Å². The number of aromatic nitrogens is 1. The Bertz CT molecular complexity index is 1090. The van der Waals surface area contributed by atoms with Gasteiger partial charge < -0.3 is 10.3 Å². The van der Waals surface area contributed by atoms with Crippen LogP contribution in [0.3, 0.4) is 0 Å². The van der Waals surface area contributed by atoms with Crippen molar-refractivity contribution in [2.75, 3.05) is 5.32 Å². The van der Waals surface area contributed by atoms with Crippen molar-refractivity contribution in [2.24, 2.45) is 0 Å². The van der Waals surface area contributed by atoms with Gasteiger partial charge in [-0.2, -0.15) is 0 Å². The fourth-order valence-electron chi connectivity index (χ4n) is 3.63. The second kappa shape index (κ2) is 6.64. The average Bonchev–Trinajstić information content (AvgIpc) is 2.64. The second-order valence-corrected chi connectivity index (χ2v) is 6.64. The minimum atomic E-state index is -0.0979. The van der Waals surface area contributed by atoms with Crippen LogP contribution in [0.25, 0.3) is 22.6 Å². The largest absolute Gasteiger partial charge is 0.354 e. The summed E-state index contributed by atoms with van der Waals surface area (Å²) in [5.41, 5.74) is 5.60. The number of pyridine rings is 1. The number of amides is 1. The van der Waals surface area contributed by atoms with Gasteiger partial charge in [0.15, 0.2) is 5.43 Å². The molecule has 1 heterocycles. The number of rotatable bonds is 2. The number of para-hydroxylation sites is 2. The molecule has 4 heteroatoms. The zero-order valence-electron chi connectivity index (χ0n) is 14.6. The molecule has 1 aliphatic rings. The van der Waals surface area contributed by atoms with Crippen LogP contribution < -0.4 is 10.7 Å². The molecule has 0 radical (unpaired) electrons. The highest BCUT2D eigenvalue weighted by molar-refractivity contribution is 5.94. The standard InChI is InChI=1S/C22H20N2O2/c1-14(25)23-19-11-4-2-7-15(19)13-16-8-6-10-18-21(16)24-20-12-5-3-9-17(20)22(18)26/h2-5,7,9,11-13H,6,8,10H2,1H3,(H,23,25)(H,24,26)/b16-13+. The Labute approximate surface area is 151 Å². The Morgan fingerprint density at radius 3 is 2.69 bits per heavy atom. The first-order chi connectivity index (χ1) is 12.6. The zero-order chi connectivity index (χ0) is 18.1. The van der Waals surface area contributed by atoms with Crippen LogP contribution in [-0.4, -0.2) is 10.9 Å². The van der Waals surface area contributed by atoms with Gasteiger partial charge in [0.2, 0.25) is 5.91 Å². The molecule has 4 rings (SSSR count). The molecule has 26 heavy (non-hydrogen) atoms. The van der Waals surface area contributed by atoms with Crippen LogP contribution >= 0.6 is 0 Å². The third-order valence-corrected chi connectivity index (χ3v) is 4.80. The van der Waals surface area contributed by atoms with Gasteiger partial charge in [-0.15, -0.1) is 0 Å². The summed E-state index contributed by atoms with van der Waals surface area (Å²) in [5.74, 6) is -0.0979. The molecule has 1 amide bonds. The number of carbonyl (C=O) groups excluding carboxylic acids is 1. The van der Waals surface area contributed by atoms with Crippen LogP contribution in [0.4, 0.5) is 5.69 Å². The summed E-state index contributed by atoms with van der Waals surface area (Å²) in [7, 11) is 0. The number of H-pyrrole nitrogens is 1. The Balaban J connectivity index is 1.88. The van der Waals surface area contributed by atoms with Crippen molar-refractivity contribution < 1.29 is 4.79 Å². The second-order valence-electron chi connectivity index (χ2n) is 6.64. The van der Waals surface area contributed by atoms with Crippen LogP contribution in [0.1, 0.15) is 36.6 Å². The molecule has 4 nitrogen and oxygen atoms in total. The van der Waals surface area contributed by atoms with Crippen LogP contribution in [0, 0.1) is 0 Å². The fraction of sp³-hybridized carbons (Fsp3) is 0.182. The maximum atomic E-state index is 12.9. The Kier molecular flexibility index (Phi) is 4.17. The molecule has 2 N–H and O–H groups in total. The van der Waals surface area contributed by atoms with Crippen LogP contribution in [0.5, 0.6) is 0 Å². The predicted octanol–water partition coefficient (Wildman–Crippen LogP) is 4.36. The lowest BCUT2D eigenvalue weighted by molar-refractivity contribution is -0.114. The molecule has 0 fully saturated rings. The average molecular weight is 344 g/mol. The van der Waals surface area contributed by atoms with Crippen molar-refractivity contribution >= 4 is 34.1 Å². The number of hydrogen-bond acceptors (Lipinski definition) is 2. The molecule has 0 atom stereocenters. The number of carbonyl (C=O) groups is 1. The number of aromatic amines is 1. The number of benzene rings is 2. The first-order valence-electron chi connectivity index (χ1n) is 8.85. The van der Waals surface area contributed by atoms with Crippen molar-refractivity contribution in [2.45, 2.75) is 26.2 Å². The maximum absolute atomic E-state index is 12.9. The third kappa shape index (κ3) is 2.94. The first kappa shape index (κ1) is 16.3. The SMILES string of the molecule is CC(=O)Nc1ccccc1/C=C1\CCCc2c1[nH]c1ccccc1c2=O. The van der Waals surface area contributed by atoms with Crippen LogP contribution in [0.15, 0.2) is 53.3 Å². The van der Waals surface area contributed by atoms with E-state index in [1.54, 1.807) is 0 Å². The van der Waals surface area contributed by atoms with Crippen LogP contribution in [-0.2, 0) is 11.2 Å². The molecule has 1 aromatic heterocycles. The molecule has 3 aromatic rings. The molecule has 1 aliphatic carbocycles. The minimum absolute atomic E-state index is 0.0979. The summed E-state index contributed by atoms with van der Waals surface area (Å²) in [6.45, 7) is 1.50. The van der Waals surface area contributed by atoms with E-state index in [0.717, 1.165) is 58.2 Å². The summed E-state index contributed by atoms with van der Waals surface area (Å²) in [6.07, 6.45) is 4.71. The van der Waals surface area contributed by atoms with E-state index in [1.165, 1.54) is 6.92 Å². The van der Waals surface area contributed by atoms with E-state index in [4.69, 9.17) is 0 Å². The van der Waals surface area contributed by atoms with Crippen molar-refractivity contribution in [1.29, 1.82) is 0 Å². The highest BCUT2D eigenvalue weighted by Gasteiger charge is 2.19. The monoisotopic (exact) mass is 344 g/mol. The Hall–Kier alpha value is -3.14. The Morgan fingerprint density at radius 1 is 1.08 bits per heavy atom. The summed E-state index contributed by atoms with van der Waals surface area (Å²) >= 11 is 0. The fourth-order valence-corrected chi connectivity index (χ4v) is 3.63. The lowest BCUT2D eigenvalue weighted by Gasteiger charge is -2.20. The summed E-state index contributed by atoms with van der Waals surface area (Å²) < 4.78 is 0. The number of hydrogen-bond donors (Lipinski definition) is 2. The van der Waals surface area contributed by atoms with E-state index in [2.05, 4.69) is 16.4 Å². The third-order valence-electron chi connectivity index (χ3n) is 4.80. The van der Waals surface area contributed by atoms with Gasteiger partial charge in [-0.3, -0.25) is 9.59 Å². The lowest BCUT2D eigenvalue weighted by Crippen LogP contribution is -2.18. The van der Waals surface area contributed by atoms with E-state index in [0.29, 0.717) is 0 Å². The number of nitrogens with one attached hydrogen (secondary N) is 2. The molecule has 0 aliphatic heterocycles. The quantitative estimate of drug-likeness (QED) is 0.725. The molecule has 0 saturated heterocycles. The predicted molar refractivity (Wildman–Crippen MR) is 106 cm³/mol. The highest BCUT2D eigenvalue weighted by atomic mass is 16.1. The zero-order valence-corrected chi connectivity index (χ0v) is 14.6. The van der Waals surface area contributed by atoms with Gasteiger partial charge in [-0.1, -0.05) is 30.3 Å². The molecule has 2 aromatic carbocycles. The Morgan fingerprint density at radius 2 is 1.85 bits per heavy atom. The molecule has 0 bridgehead atoms. The van der Waals surface area contributed by atoms with E-state index < -0.39 is 0 Å². The molecular weight excluding hydrogens is 324 g/mol. The summed E-state index contributed by atoms with van der Waals surface area (Å²) in [5, 5.41) is 3.61. The van der Waals surface area contributed by atoms with Gasteiger partial charge in [-0.05, 0) is 54.7 Å². The molecule has 0 saturated carbocycles. The van der Waals surface area contributed by atoms with Crippen molar-refractivity contribution in [3.8, 4) is 0 Å². The van der Waals surface area contributed by atoms with Gasteiger partial charge >= 0.3 is 0 Å². The van der Waals surface area contributed by atoms with E-state index in [-0.39, 0.29) is 11.3 Å². The van der Waals surface area contributed by atoms with Gasteiger partial charge in [0.25, 0.3) is 0 Å². The maximum Gasteiger partial charge on any atom is 0.221 e. The molecule has 0 unspecified atom stereocenters. The van der Waals surface area contributed by atoms with Crippen LogP contribution in [0.2, 0.25) is 0 Å². The number of fused-ring (bicyclic) bond motifs is 2. The summed E-state index contributed by atoms with van der Waals surface area (Å²) in [4.78, 5) is 27.8. The normalized spacial score (nSPS) is 15.0. The van der Waals surface area contributed by atoms with Gasteiger partial charge in [0.1, 0.15) is 0 Å². The number of allylic oxidation sites excluding steroid dienone is 1. The molecule has 0 spiro atoms. The topological polar surface area (TPSA) is 62.0 Å². The number of anilines is 1. The van der Waals surface area contributed by atoms with Crippen molar-refractivity contribution in [1.82, 2.24) is 4.98 Å². The smallest absolute Gasteiger partial charge is 0.221 e. The highest BCUT2D eigenvalue weighted by Crippen LogP contribution is 2.32.